The van der Waals surface area contributed by atoms with Gasteiger partial charge in [-0.1, -0.05) is 18.2 Å². The zero-order chi connectivity index (χ0) is 17.3. The number of ether oxygens (including phenoxy) is 2. The summed E-state index contributed by atoms with van der Waals surface area (Å²) in [6.07, 6.45) is 2.87. The van der Waals surface area contributed by atoms with E-state index in [-0.39, 0.29) is 0 Å². The number of nitrogens with one attached hydrogen (secondary N) is 1. The van der Waals surface area contributed by atoms with Crippen molar-refractivity contribution in [2.45, 2.75) is 23.1 Å². The second kappa shape index (κ2) is 6.61. The van der Waals surface area contributed by atoms with Gasteiger partial charge in [-0.2, -0.15) is 5.10 Å². The largest absolute Gasteiger partial charge is 0.454 e. The van der Waals surface area contributed by atoms with Crippen LogP contribution in [0.5, 0.6) is 11.5 Å². The van der Waals surface area contributed by atoms with Crippen molar-refractivity contribution in [3.05, 3.63) is 66.0 Å². The first kappa shape index (κ1) is 15.6. The molecule has 0 fully saturated rings. The number of aromatic amines is 1. The molecule has 0 saturated heterocycles. The van der Waals surface area contributed by atoms with E-state index in [1.165, 1.54) is 16.1 Å². The fourth-order valence-corrected chi connectivity index (χ4v) is 4.80. The van der Waals surface area contributed by atoms with Crippen LogP contribution in [0.4, 0.5) is 5.69 Å². The lowest BCUT2D eigenvalue weighted by Gasteiger charge is -2.23. The van der Waals surface area contributed by atoms with Crippen molar-refractivity contribution in [1.29, 1.82) is 0 Å². The van der Waals surface area contributed by atoms with Crippen LogP contribution in [0.25, 0.3) is 0 Å². The van der Waals surface area contributed by atoms with Gasteiger partial charge in [0.2, 0.25) is 6.79 Å². The van der Waals surface area contributed by atoms with Crippen LogP contribution in [0.1, 0.15) is 22.9 Å². The van der Waals surface area contributed by atoms with E-state index in [4.69, 9.17) is 9.47 Å². The highest BCUT2D eigenvalue weighted by Crippen LogP contribution is 2.47. The smallest absolute Gasteiger partial charge is 0.231 e. The molecule has 0 amide bonds. The van der Waals surface area contributed by atoms with Gasteiger partial charge in [0.05, 0.1) is 17.9 Å². The molecule has 26 heavy (non-hydrogen) atoms. The first-order valence-corrected chi connectivity index (χ1v) is 9.63. The molecule has 0 aliphatic carbocycles. The van der Waals surface area contributed by atoms with E-state index >= 15 is 0 Å². The third kappa shape index (κ3) is 2.90. The molecule has 3 aromatic rings. The summed E-state index contributed by atoms with van der Waals surface area (Å²) in [6, 6.07) is 17.0. The van der Waals surface area contributed by atoms with Crippen LogP contribution in [0.3, 0.4) is 0 Å². The summed E-state index contributed by atoms with van der Waals surface area (Å²) >= 11 is 1.93. The highest BCUT2D eigenvalue weighted by molar-refractivity contribution is 7.99. The zero-order valence-corrected chi connectivity index (χ0v) is 15.0. The van der Waals surface area contributed by atoms with E-state index in [1.807, 2.05) is 30.1 Å². The van der Waals surface area contributed by atoms with Gasteiger partial charge < -0.3 is 14.4 Å². The summed E-state index contributed by atoms with van der Waals surface area (Å²) in [7, 11) is 0. The van der Waals surface area contributed by atoms with Crippen LogP contribution in [0.15, 0.2) is 59.6 Å². The SMILES string of the molecule is c1ccc2c(c1)S[C@H](c1ccc3c(c1)OCO3)CCN2Cc1ccn[nH]1. The average Bonchev–Trinajstić information content (AvgIpc) is 3.31. The fourth-order valence-electron chi connectivity index (χ4n) is 3.51. The van der Waals surface area contributed by atoms with E-state index in [0.29, 0.717) is 12.0 Å². The number of thioether (sulfide) groups is 1. The van der Waals surface area contributed by atoms with Crippen molar-refractivity contribution >= 4 is 17.4 Å². The fraction of sp³-hybridized carbons (Fsp3) is 0.250. The molecular weight excluding hydrogens is 346 g/mol. The molecule has 0 unspecified atom stereocenters. The number of para-hydroxylation sites is 1. The number of fused-ring (bicyclic) bond motifs is 2. The Hall–Kier alpha value is -2.60. The summed E-state index contributed by atoms with van der Waals surface area (Å²) in [5.74, 6) is 1.70. The van der Waals surface area contributed by atoms with Gasteiger partial charge in [-0.25, -0.2) is 0 Å². The van der Waals surface area contributed by atoms with E-state index in [1.54, 1.807) is 0 Å². The number of hydrogen-bond acceptors (Lipinski definition) is 5. The van der Waals surface area contributed by atoms with E-state index in [9.17, 15) is 0 Å². The molecule has 0 bridgehead atoms. The lowest BCUT2D eigenvalue weighted by Crippen LogP contribution is -2.24. The Morgan fingerprint density at radius 3 is 2.96 bits per heavy atom. The van der Waals surface area contributed by atoms with Crippen LogP contribution in [-0.4, -0.2) is 23.5 Å². The number of nitrogens with zero attached hydrogens (tertiary/aromatic N) is 2. The van der Waals surface area contributed by atoms with Gasteiger partial charge in [-0.3, -0.25) is 5.10 Å². The van der Waals surface area contributed by atoms with Crippen molar-refractivity contribution in [3.8, 4) is 11.5 Å². The number of hydrogen-bond donors (Lipinski definition) is 1. The number of rotatable bonds is 3. The maximum atomic E-state index is 5.57. The topological polar surface area (TPSA) is 50.4 Å². The first-order valence-electron chi connectivity index (χ1n) is 8.75. The quantitative estimate of drug-likeness (QED) is 0.746. The molecule has 0 saturated carbocycles. The lowest BCUT2D eigenvalue weighted by molar-refractivity contribution is 0.174. The summed E-state index contributed by atoms with van der Waals surface area (Å²) in [5.41, 5.74) is 3.71. The Balaban J connectivity index is 1.45. The molecule has 2 aromatic carbocycles. The predicted octanol–water partition coefficient (Wildman–Crippen LogP) is 4.38. The number of anilines is 1. The molecule has 0 radical (unpaired) electrons. The van der Waals surface area contributed by atoms with E-state index in [2.05, 4.69) is 51.5 Å². The molecule has 5 rings (SSSR count). The van der Waals surface area contributed by atoms with E-state index < -0.39 is 0 Å². The minimum Gasteiger partial charge on any atom is -0.454 e. The third-order valence-corrected chi connectivity index (χ3v) is 6.22. The van der Waals surface area contributed by atoms with Crippen molar-refractivity contribution in [2.75, 3.05) is 18.2 Å². The Bertz CT molecular complexity index is 913. The summed E-state index contributed by atoms with van der Waals surface area (Å²) < 4.78 is 11.0. The minimum absolute atomic E-state index is 0.317. The molecule has 6 heteroatoms. The van der Waals surface area contributed by atoms with Crippen LogP contribution in [0.2, 0.25) is 0 Å². The van der Waals surface area contributed by atoms with Crippen LogP contribution in [-0.2, 0) is 6.54 Å². The first-order chi connectivity index (χ1) is 12.9. The van der Waals surface area contributed by atoms with Crippen molar-refractivity contribution in [3.63, 3.8) is 0 Å². The zero-order valence-electron chi connectivity index (χ0n) is 14.2. The molecule has 2 aliphatic rings. The Kier molecular flexibility index (Phi) is 3.97. The predicted molar refractivity (Wildman–Crippen MR) is 102 cm³/mol. The Morgan fingerprint density at radius 1 is 1.12 bits per heavy atom. The molecule has 132 valence electrons. The number of aromatic nitrogens is 2. The number of benzene rings is 2. The molecule has 1 aromatic heterocycles. The summed E-state index contributed by atoms with van der Waals surface area (Å²) in [6.45, 7) is 2.14. The molecule has 2 aliphatic heterocycles. The highest BCUT2D eigenvalue weighted by atomic mass is 32.2. The molecular formula is C20H19N3O2S. The van der Waals surface area contributed by atoms with Crippen LogP contribution in [0, 0.1) is 0 Å². The standard InChI is InChI=1S/C20H19N3O2S/c1-2-4-20-16(3-1)23(12-15-7-9-21-22-15)10-8-19(26-20)14-5-6-17-18(11-14)25-13-24-17/h1-7,9,11,19H,8,10,12-13H2,(H,21,22)/t19-/m0/s1. The van der Waals surface area contributed by atoms with Crippen molar-refractivity contribution in [2.24, 2.45) is 0 Å². The number of H-pyrrole nitrogens is 1. The van der Waals surface area contributed by atoms with Gasteiger partial charge >= 0.3 is 0 Å². The normalized spacial score (nSPS) is 18.5. The second-order valence-electron chi connectivity index (χ2n) is 6.48. The summed E-state index contributed by atoms with van der Waals surface area (Å²) in [5, 5.41) is 7.54. The molecule has 1 N–H and O–H groups in total. The van der Waals surface area contributed by atoms with E-state index in [0.717, 1.165) is 36.7 Å². The van der Waals surface area contributed by atoms with Crippen LogP contribution >= 0.6 is 11.8 Å². The maximum absolute atomic E-state index is 5.57. The molecule has 3 heterocycles. The maximum Gasteiger partial charge on any atom is 0.231 e. The molecule has 5 nitrogen and oxygen atoms in total. The minimum atomic E-state index is 0.317. The van der Waals surface area contributed by atoms with Gasteiger partial charge in [0.25, 0.3) is 0 Å². The van der Waals surface area contributed by atoms with Gasteiger partial charge in [0.15, 0.2) is 11.5 Å². The molecule has 0 spiro atoms. The molecule has 1 atom stereocenters. The van der Waals surface area contributed by atoms with Gasteiger partial charge in [-0.05, 0) is 42.3 Å². The third-order valence-electron chi connectivity index (χ3n) is 4.82. The Labute approximate surface area is 156 Å². The summed E-state index contributed by atoms with van der Waals surface area (Å²) in [4.78, 5) is 3.75. The van der Waals surface area contributed by atoms with Crippen molar-refractivity contribution < 1.29 is 9.47 Å². The van der Waals surface area contributed by atoms with Crippen LogP contribution < -0.4 is 14.4 Å². The monoisotopic (exact) mass is 365 g/mol. The van der Waals surface area contributed by atoms with Gasteiger partial charge in [0, 0.05) is 22.9 Å². The Morgan fingerprint density at radius 2 is 2.04 bits per heavy atom. The second-order valence-corrected chi connectivity index (χ2v) is 7.72. The van der Waals surface area contributed by atoms with Crippen molar-refractivity contribution in [1.82, 2.24) is 10.2 Å². The highest BCUT2D eigenvalue weighted by Gasteiger charge is 2.25. The lowest BCUT2D eigenvalue weighted by atomic mass is 10.1. The van der Waals surface area contributed by atoms with Gasteiger partial charge in [0.1, 0.15) is 0 Å². The average molecular weight is 365 g/mol. The van der Waals surface area contributed by atoms with Gasteiger partial charge in [-0.15, -0.1) is 11.8 Å².